The summed E-state index contributed by atoms with van der Waals surface area (Å²) in [6, 6.07) is 14.5. The number of methoxy groups -OCH3 is 3. The highest BCUT2D eigenvalue weighted by molar-refractivity contribution is 5.79. The highest BCUT2D eigenvalue weighted by Crippen LogP contribution is 2.30. The van der Waals surface area contributed by atoms with E-state index < -0.39 is 0 Å². The molecule has 0 spiro atoms. The zero-order valence-corrected chi connectivity index (χ0v) is 19.0. The number of hydrogen-bond donors (Lipinski definition) is 2. The molecule has 2 N–H and O–H groups in total. The van der Waals surface area contributed by atoms with E-state index in [1.807, 2.05) is 24.3 Å². The topological polar surface area (TPSA) is 67.4 Å². The van der Waals surface area contributed by atoms with Crippen LogP contribution in [0.1, 0.15) is 30.0 Å². The molecule has 0 bridgehead atoms. The van der Waals surface area contributed by atoms with Crippen molar-refractivity contribution in [2.45, 2.75) is 25.4 Å². The summed E-state index contributed by atoms with van der Waals surface area (Å²) in [5, 5.41) is 6.89. The Morgan fingerprint density at radius 2 is 1.77 bits per heavy atom. The highest BCUT2D eigenvalue weighted by Gasteiger charge is 2.24. The third kappa shape index (κ3) is 5.82. The number of para-hydroxylation sites is 1. The van der Waals surface area contributed by atoms with Gasteiger partial charge in [-0.3, -0.25) is 9.89 Å². The van der Waals surface area contributed by atoms with Crippen LogP contribution in [0.5, 0.6) is 17.2 Å². The minimum Gasteiger partial charge on any atom is -0.497 e. The molecule has 7 nitrogen and oxygen atoms in total. The molecule has 1 saturated heterocycles. The third-order valence-electron chi connectivity index (χ3n) is 5.68. The lowest BCUT2D eigenvalue weighted by molar-refractivity contribution is 0.245. The quantitative estimate of drug-likeness (QED) is 0.474. The lowest BCUT2D eigenvalue weighted by Gasteiger charge is -2.29. The fourth-order valence-electron chi connectivity index (χ4n) is 4.05. The molecule has 0 radical (unpaired) electrons. The van der Waals surface area contributed by atoms with Gasteiger partial charge >= 0.3 is 0 Å². The van der Waals surface area contributed by atoms with Gasteiger partial charge in [0.05, 0.1) is 27.4 Å². The van der Waals surface area contributed by atoms with E-state index in [0.29, 0.717) is 6.54 Å². The van der Waals surface area contributed by atoms with E-state index in [0.717, 1.165) is 48.4 Å². The molecule has 2 aromatic rings. The Hall–Kier alpha value is -2.93. The standard InChI is InChI=1S/C24H34N4O3/c1-25-24(26-16-19-10-8-12-22(30-3)23(19)31-4)27-17-21(28-13-5-6-14-28)18-9-7-11-20(15-18)29-2/h7-12,15,21H,5-6,13-14,16-17H2,1-4H3,(H2,25,26,27). The molecule has 7 heteroatoms. The first-order valence-electron chi connectivity index (χ1n) is 10.7. The number of guanidine groups is 1. The van der Waals surface area contributed by atoms with Crippen LogP contribution < -0.4 is 24.8 Å². The minimum atomic E-state index is 0.252. The van der Waals surface area contributed by atoms with Crippen molar-refractivity contribution >= 4 is 5.96 Å². The van der Waals surface area contributed by atoms with Gasteiger partial charge in [0, 0.05) is 25.7 Å². The molecule has 0 amide bonds. The third-order valence-corrected chi connectivity index (χ3v) is 5.68. The number of nitrogens with one attached hydrogen (secondary N) is 2. The number of likely N-dealkylation sites (tertiary alicyclic amines) is 1. The number of nitrogens with zero attached hydrogens (tertiary/aromatic N) is 2. The molecule has 168 valence electrons. The Kier molecular flexibility index (Phi) is 8.41. The maximum absolute atomic E-state index is 5.53. The molecule has 31 heavy (non-hydrogen) atoms. The number of ether oxygens (including phenoxy) is 3. The summed E-state index contributed by atoms with van der Waals surface area (Å²) in [5.41, 5.74) is 2.26. The van der Waals surface area contributed by atoms with Crippen molar-refractivity contribution in [1.82, 2.24) is 15.5 Å². The summed E-state index contributed by atoms with van der Waals surface area (Å²) < 4.78 is 16.4. The van der Waals surface area contributed by atoms with Gasteiger partial charge < -0.3 is 24.8 Å². The van der Waals surface area contributed by atoms with E-state index in [9.17, 15) is 0 Å². The first kappa shape index (κ1) is 22.7. The van der Waals surface area contributed by atoms with Gasteiger partial charge in [-0.2, -0.15) is 0 Å². The highest BCUT2D eigenvalue weighted by atomic mass is 16.5. The normalized spacial score (nSPS) is 15.4. The Labute approximate surface area is 185 Å². The zero-order valence-electron chi connectivity index (χ0n) is 19.0. The molecule has 1 aliphatic rings. The zero-order chi connectivity index (χ0) is 22.1. The molecule has 1 unspecified atom stereocenters. The Bertz CT molecular complexity index is 866. The largest absolute Gasteiger partial charge is 0.497 e. The van der Waals surface area contributed by atoms with Crippen molar-refractivity contribution in [1.29, 1.82) is 0 Å². The molecular weight excluding hydrogens is 392 g/mol. The Morgan fingerprint density at radius 1 is 1.00 bits per heavy atom. The average molecular weight is 427 g/mol. The second kappa shape index (κ2) is 11.5. The summed E-state index contributed by atoms with van der Waals surface area (Å²) in [7, 11) is 6.80. The van der Waals surface area contributed by atoms with Crippen LogP contribution in [0.15, 0.2) is 47.5 Å². The lowest BCUT2D eigenvalue weighted by Crippen LogP contribution is -2.42. The molecule has 1 fully saturated rings. The van der Waals surface area contributed by atoms with Gasteiger partial charge in [-0.15, -0.1) is 0 Å². The lowest BCUT2D eigenvalue weighted by atomic mass is 10.1. The van der Waals surface area contributed by atoms with E-state index in [1.54, 1.807) is 28.4 Å². The Balaban J connectivity index is 1.67. The first-order valence-corrected chi connectivity index (χ1v) is 10.7. The van der Waals surface area contributed by atoms with Crippen LogP contribution in [0.4, 0.5) is 0 Å². The number of hydrogen-bond acceptors (Lipinski definition) is 5. The van der Waals surface area contributed by atoms with E-state index in [1.165, 1.54) is 18.4 Å². The second-order valence-corrected chi connectivity index (χ2v) is 7.49. The molecule has 1 aliphatic heterocycles. The Morgan fingerprint density at radius 3 is 2.45 bits per heavy atom. The molecule has 0 aliphatic carbocycles. The van der Waals surface area contributed by atoms with Gasteiger partial charge in [0.15, 0.2) is 17.5 Å². The fourth-order valence-corrected chi connectivity index (χ4v) is 4.05. The maximum atomic E-state index is 5.53. The molecule has 3 rings (SSSR count). The summed E-state index contributed by atoms with van der Waals surface area (Å²) >= 11 is 0. The number of benzene rings is 2. The predicted octanol–water partition coefficient (Wildman–Crippen LogP) is 3.21. The van der Waals surface area contributed by atoms with Crippen LogP contribution in [0, 0.1) is 0 Å². The second-order valence-electron chi connectivity index (χ2n) is 7.49. The smallest absolute Gasteiger partial charge is 0.191 e. The van der Waals surface area contributed by atoms with Crippen LogP contribution >= 0.6 is 0 Å². The van der Waals surface area contributed by atoms with Gasteiger partial charge in [0.2, 0.25) is 0 Å². The molecule has 0 saturated carbocycles. The van der Waals surface area contributed by atoms with Crippen LogP contribution in [-0.2, 0) is 6.54 Å². The maximum Gasteiger partial charge on any atom is 0.191 e. The number of aliphatic imine (C=N–C) groups is 1. The van der Waals surface area contributed by atoms with Crippen molar-refractivity contribution in [3.8, 4) is 17.2 Å². The van der Waals surface area contributed by atoms with Crippen LogP contribution in [0.2, 0.25) is 0 Å². The van der Waals surface area contributed by atoms with E-state index >= 15 is 0 Å². The van der Waals surface area contributed by atoms with Crippen molar-refractivity contribution in [2.24, 2.45) is 4.99 Å². The van der Waals surface area contributed by atoms with Gasteiger partial charge in [0.25, 0.3) is 0 Å². The predicted molar refractivity (Wildman–Crippen MR) is 124 cm³/mol. The molecule has 2 aromatic carbocycles. The average Bonchev–Trinajstić information content (AvgIpc) is 3.35. The van der Waals surface area contributed by atoms with Crippen molar-refractivity contribution in [3.63, 3.8) is 0 Å². The van der Waals surface area contributed by atoms with Crippen LogP contribution in [0.25, 0.3) is 0 Å². The van der Waals surface area contributed by atoms with Crippen LogP contribution in [0.3, 0.4) is 0 Å². The fraction of sp³-hybridized carbons (Fsp3) is 0.458. The van der Waals surface area contributed by atoms with Crippen molar-refractivity contribution < 1.29 is 14.2 Å². The van der Waals surface area contributed by atoms with Crippen molar-refractivity contribution in [3.05, 3.63) is 53.6 Å². The van der Waals surface area contributed by atoms with Gasteiger partial charge in [-0.25, -0.2) is 0 Å². The minimum absolute atomic E-state index is 0.252. The molecule has 1 heterocycles. The SMILES string of the molecule is CN=C(NCc1cccc(OC)c1OC)NCC(c1cccc(OC)c1)N1CCCC1. The summed E-state index contributed by atoms with van der Waals surface area (Å²) in [4.78, 5) is 6.93. The van der Waals surface area contributed by atoms with Crippen molar-refractivity contribution in [2.75, 3.05) is 48.0 Å². The van der Waals surface area contributed by atoms with E-state index in [2.05, 4.69) is 38.7 Å². The van der Waals surface area contributed by atoms with Gasteiger partial charge in [0.1, 0.15) is 5.75 Å². The van der Waals surface area contributed by atoms with Gasteiger partial charge in [-0.05, 0) is 49.7 Å². The number of rotatable bonds is 9. The summed E-state index contributed by atoms with van der Waals surface area (Å²) in [6.07, 6.45) is 2.48. The molecule has 0 aromatic heterocycles. The summed E-state index contributed by atoms with van der Waals surface area (Å²) in [5.74, 6) is 3.09. The van der Waals surface area contributed by atoms with E-state index in [4.69, 9.17) is 14.2 Å². The van der Waals surface area contributed by atoms with Gasteiger partial charge in [-0.1, -0.05) is 24.3 Å². The van der Waals surface area contributed by atoms with E-state index in [-0.39, 0.29) is 6.04 Å². The summed E-state index contributed by atoms with van der Waals surface area (Å²) in [6.45, 7) is 3.54. The van der Waals surface area contributed by atoms with Crippen LogP contribution in [-0.4, -0.2) is 58.9 Å². The molecular formula is C24H34N4O3. The first-order chi connectivity index (χ1) is 15.2. The monoisotopic (exact) mass is 426 g/mol. The molecule has 1 atom stereocenters.